The number of terminal acetylenes is 1. The average Bonchev–Trinajstić information content (AvgIpc) is 1.55. The maximum absolute atomic E-state index is 13.1. The number of nitrogens with zero attached hydrogens (tertiary/aromatic N) is 5. The summed E-state index contributed by atoms with van der Waals surface area (Å²) < 4.78 is 90.0. The number of rotatable bonds is 19. The fourth-order valence-corrected chi connectivity index (χ4v) is 16.2. The summed E-state index contributed by atoms with van der Waals surface area (Å²) in [5.41, 5.74) is 4.34. The third-order valence-electron chi connectivity index (χ3n) is 23.8. The smallest absolute Gasteiger partial charge is 0.870 e. The van der Waals surface area contributed by atoms with E-state index in [4.69, 9.17) is 26.4 Å². The first-order chi connectivity index (χ1) is 59.6. The minimum atomic E-state index is -5.10. The number of hydrogen-bond donors (Lipinski definition) is 7. The van der Waals surface area contributed by atoms with Gasteiger partial charge in [0.2, 0.25) is 23.6 Å². The Morgan fingerprint density at radius 1 is 0.444 bits per heavy atom. The molecule has 0 bridgehead atoms. The first kappa shape index (κ1) is 136. The maximum atomic E-state index is 13.1. The van der Waals surface area contributed by atoms with E-state index in [0.717, 1.165) is 4.90 Å². The van der Waals surface area contributed by atoms with Gasteiger partial charge in [-0.15, -0.1) is 43.1 Å². The number of nitrogens with two attached hydrogens (primary N) is 1. The number of carboxylic acid groups (broad SMARTS) is 3. The fourth-order valence-electron chi connectivity index (χ4n) is 16.2. The number of methoxy groups -OCH3 is 1. The summed E-state index contributed by atoms with van der Waals surface area (Å²) in [6.07, 6.45) is -6.44. The van der Waals surface area contributed by atoms with Crippen molar-refractivity contribution in [3.05, 3.63) is 0 Å². The molecule has 0 aromatic heterocycles. The van der Waals surface area contributed by atoms with Crippen LogP contribution in [-0.2, 0) is 66.9 Å². The van der Waals surface area contributed by atoms with Crippen molar-refractivity contribution in [2.75, 3.05) is 59.5 Å². The zero-order valence-electron chi connectivity index (χ0n) is 84.0. The number of halogens is 8. The Labute approximate surface area is 821 Å². The van der Waals surface area contributed by atoms with Crippen molar-refractivity contribution in [3.8, 4) is 95.2 Å². The molecule has 8 fully saturated rings. The summed E-state index contributed by atoms with van der Waals surface area (Å²) in [7, 11) is 1.34. The average molecular weight is 1950 g/mol. The van der Waals surface area contributed by atoms with Crippen LogP contribution < -0.4 is 40.5 Å². The van der Waals surface area contributed by atoms with Gasteiger partial charge in [-0.1, -0.05) is 157 Å². The van der Waals surface area contributed by atoms with Gasteiger partial charge in [-0.05, 0) is 231 Å². The maximum Gasteiger partial charge on any atom is 1.00 e. The normalized spacial score (nSPS) is 22.2. The molecule has 4 heterocycles. The number of aliphatic carboxylic acids is 3. The van der Waals surface area contributed by atoms with E-state index < -0.39 is 132 Å². The number of carbonyl (C=O) groups is 12. The summed E-state index contributed by atoms with van der Waals surface area (Å²) >= 11 is 0. The molecule has 4 aliphatic carbocycles. The van der Waals surface area contributed by atoms with E-state index >= 15 is 0 Å². The number of piperidine rings is 4. The second kappa shape index (κ2) is 58.8. The summed E-state index contributed by atoms with van der Waals surface area (Å²) in [4.78, 5) is 151. The topological polar surface area (TPSA) is 411 Å². The zero-order valence-corrected chi connectivity index (χ0v) is 85.6. The molecule has 4 saturated heterocycles. The van der Waals surface area contributed by atoms with Crippen LogP contribution >= 0.6 is 24.8 Å². The first-order valence-electron chi connectivity index (χ1n) is 43.3. The molecule has 16 atom stereocenters. The SMILES string of the molecule is C.C#CC#CC#CC#CC.CC#CC.CC#CC#CC#CC.CC(C)[C@H](N)C(=O)N1C[C@H]2[C@@H]([C@H]1C(=O)O)C2(C)C.CC(C)[C@H](NC(=O)C(F)(F)F)C(=O)N1C[C@H]2[C@@H]([C@H]1C(=O)O)C2(C)C.CC(C)[C@H](NC(=O)OC(C)(C)C)C(=O)N1C[C@H]2[C@@H]([C@H]1C(=O)O)C2(C)C.CCN(CC)CC.CCOC(=O)C(F)(F)F.COC(=O)[C@@H]1[C@@H]2[C@H](CN1C(=O)[C@@H](NC(=O)OC(C)(C)C)C(C)C)C2(C)C.Cl.Cl.[Li+].[OH-]. The molecule has 758 valence electrons. The molecule has 8 aliphatic rings. The van der Waals surface area contributed by atoms with Gasteiger partial charge in [-0.2, -0.15) is 26.3 Å². The number of fused-ring (bicyclic) bond motifs is 4. The molecule has 135 heavy (non-hydrogen) atoms. The minimum Gasteiger partial charge on any atom is -0.870 e. The number of ether oxygens (including phenoxy) is 4. The van der Waals surface area contributed by atoms with E-state index in [9.17, 15) is 99.2 Å². The number of esters is 2. The number of likely N-dealkylation sites (tertiary alicyclic amines) is 4. The van der Waals surface area contributed by atoms with Crippen molar-refractivity contribution >= 4 is 96.4 Å². The monoisotopic (exact) mass is 1950 g/mol. The summed E-state index contributed by atoms with van der Waals surface area (Å²) in [5.74, 6) is 28.3. The van der Waals surface area contributed by atoms with E-state index in [2.05, 4.69) is 158 Å². The van der Waals surface area contributed by atoms with Gasteiger partial charge in [0.1, 0.15) is 53.5 Å². The number of nitrogens with one attached hydrogen (secondary N) is 3. The Morgan fingerprint density at radius 3 is 0.904 bits per heavy atom. The Bertz CT molecular complexity index is 4460. The van der Waals surface area contributed by atoms with Crippen LogP contribution in [0.15, 0.2) is 0 Å². The number of hydrogen-bond acceptors (Lipinski definition) is 19. The van der Waals surface area contributed by atoms with E-state index in [1.165, 1.54) is 57.3 Å². The fraction of sp³-hybridized carbons (Fsp3) is 0.711. The summed E-state index contributed by atoms with van der Waals surface area (Å²) in [6, 6.07) is -6.75. The van der Waals surface area contributed by atoms with Crippen molar-refractivity contribution in [1.29, 1.82) is 0 Å². The number of alkyl carbamates (subject to hydrolysis) is 2. The van der Waals surface area contributed by atoms with Crippen molar-refractivity contribution in [2.24, 2.45) is 98.4 Å². The second-order valence-corrected chi connectivity index (χ2v) is 37.6. The van der Waals surface area contributed by atoms with Gasteiger partial charge in [-0.25, -0.2) is 33.6 Å². The van der Waals surface area contributed by atoms with Crippen LogP contribution in [-0.4, -0.2) is 248 Å². The molecular weight excluding hydrogens is 1800 g/mol. The third kappa shape index (κ3) is 40.1. The first-order valence-corrected chi connectivity index (χ1v) is 43.3. The van der Waals surface area contributed by atoms with E-state index in [1.807, 2.05) is 83.1 Å². The Balaban J connectivity index is -0.000000362. The quantitative estimate of drug-likeness (QED) is 0.0208. The molecule has 38 heteroatoms. The molecule has 8 rings (SSSR count). The standard InChI is InChI=1S/C19H32N2O5.C18H30N2O5.C15H21F3N2O4.C13H22N2O3.C9H4.C8H6.C6H15N.C4H5F3O2.C4H6.CH4.2ClH.Li.H2O/c1-10(2)13(20-17(24)26-18(3,4)5)15(22)21-9-11-12(19(11,6)7)14(21)16(23)25-8;1-9(2)12(19-16(24)25-17(3,4)5)14(21)20-8-10-11(18(10,6)7)13(20)15(22)23;1-6(2)9(19-13(24)15(16,17)18)11(21)20-5-7-8(14(7,3)4)10(20)12(22)23;1-6(2)9(14)11(16)15-5-7-8(13(7,3)4)10(15)12(17)18;1-3-5-7-9-8-6-4-2;1-3-5-7-8-6-4-2;1-4-7(5-2)6-3;1-2-9-3(8)4(5,6)7;1-3-4-2;;;;;/h10-14H,9H2,1-8H3,(H,20,24);9-13H,8H2,1-7H3,(H,19,24)(H,22,23);6-10H,5H2,1-4H3,(H,19,24)(H,22,23);6-10H,5,14H2,1-4H3,(H,17,18);1H,2H3;1-2H3;4-6H2,1-3H3;2H2,1H3;1-2H3;1H4;2*1H;;1H2/q;;;;;;;;;;;;+1;/p-1/t11-,12-,13-,14-;10-,11-,12-,13-;2*7-,8-,9-,10-;;;;;;;;;;/m0000........../s1. The molecule has 29 nitrogen and oxygen atoms in total. The van der Waals surface area contributed by atoms with Gasteiger partial charge < -0.3 is 85.9 Å². The van der Waals surface area contributed by atoms with Crippen LogP contribution in [0.3, 0.4) is 0 Å². The molecule has 0 aromatic carbocycles. The minimum absolute atomic E-state index is 0. The number of alkyl halides is 6. The van der Waals surface area contributed by atoms with Crippen LogP contribution in [0.1, 0.15) is 222 Å². The second-order valence-electron chi connectivity index (χ2n) is 37.6. The molecule has 0 unspecified atom stereocenters. The summed E-state index contributed by atoms with van der Waals surface area (Å²) in [5, 5.41) is 35.4. The van der Waals surface area contributed by atoms with Crippen molar-refractivity contribution in [3.63, 3.8) is 0 Å². The van der Waals surface area contributed by atoms with E-state index in [0.29, 0.717) is 25.6 Å². The molecule has 0 spiro atoms. The zero-order chi connectivity index (χ0) is 102. The van der Waals surface area contributed by atoms with Gasteiger partial charge in [0.05, 0.1) is 19.8 Å². The van der Waals surface area contributed by atoms with Crippen LogP contribution in [0.25, 0.3) is 0 Å². The molecule has 9 N–H and O–H groups in total. The Hall–Kier alpha value is -9.64. The van der Waals surface area contributed by atoms with Crippen LogP contribution in [0.5, 0.6) is 0 Å². The van der Waals surface area contributed by atoms with Gasteiger partial charge in [-0.3, -0.25) is 24.0 Å². The van der Waals surface area contributed by atoms with Gasteiger partial charge in [0.15, 0.2) is 0 Å². The predicted octanol–water partition coefficient (Wildman–Crippen LogP) is 9.57. The number of amides is 7. The molecular formula is C97H148Cl2F6LiN9O20. The van der Waals surface area contributed by atoms with Crippen LogP contribution in [0, 0.1) is 188 Å². The number of carbonyl (C=O) groups excluding carboxylic acids is 9. The van der Waals surface area contributed by atoms with Crippen molar-refractivity contribution in [1.82, 2.24) is 40.4 Å². The number of carboxylic acids is 3. The van der Waals surface area contributed by atoms with Crippen molar-refractivity contribution < 1.29 is 142 Å². The molecule has 4 saturated carbocycles. The largest absolute Gasteiger partial charge is 1.00 e. The van der Waals surface area contributed by atoms with Crippen LogP contribution in [0.2, 0.25) is 0 Å². The Morgan fingerprint density at radius 2 is 0.704 bits per heavy atom. The predicted molar refractivity (Wildman–Crippen MR) is 503 cm³/mol. The van der Waals surface area contributed by atoms with Crippen molar-refractivity contribution in [2.45, 2.75) is 294 Å². The van der Waals surface area contributed by atoms with Crippen LogP contribution in [0.4, 0.5) is 35.9 Å². The Kier molecular flexibility index (Phi) is 59.3. The van der Waals surface area contributed by atoms with E-state index in [1.54, 1.807) is 72.5 Å². The molecule has 7 amide bonds. The van der Waals surface area contributed by atoms with Gasteiger partial charge in [0, 0.05) is 49.9 Å². The third-order valence-corrected chi connectivity index (χ3v) is 23.8. The van der Waals surface area contributed by atoms with Gasteiger partial charge in [0.25, 0.3) is 0 Å². The summed E-state index contributed by atoms with van der Waals surface area (Å²) in [6.45, 7) is 62.5. The van der Waals surface area contributed by atoms with E-state index in [-0.39, 0.29) is 168 Å². The molecule has 0 radical (unpaired) electrons. The molecule has 4 aliphatic heterocycles. The van der Waals surface area contributed by atoms with Gasteiger partial charge >= 0.3 is 79.2 Å². The molecule has 0 aromatic rings.